The Morgan fingerprint density at radius 3 is 2.57 bits per heavy atom. The zero-order chi connectivity index (χ0) is 26.7. The summed E-state index contributed by atoms with van der Waals surface area (Å²) in [5.74, 6) is 0.432. The van der Waals surface area contributed by atoms with Crippen molar-refractivity contribution in [2.75, 3.05) is 26.4 Å². The number of aromatic nitrogens is 1. The van der Waals surface area contributed by atoms with Crippen LogP contribution in [0, 0.1) is 6.92 Å². The van der Waals surface area contributed by atoms with Crippen LogP contribution >= 0.6 is 7.37 Å². The van der Waals surface area contributed by atoms with Gasteiger partial charge in [-0.05, 0) is 50.2 Å². The molecule has 4 rings (SSSR count). The fourth-order valence-corrected chi connectivity index (χ4v) is 5.77. The minimum Gasteiger partial charge on any atom is -0.760 e. The number of hydrogen-bond acceptors (Lipinski definition) is 6. The largest absolute Gasteiger partial charge is 0.760 e. The van der Waals surface area contributed by atoms with Crippen molar-refractivity contribution in [3.8, 4) is 11.3 Å². The van der Waals surface area contributed by atoms with Gasteiger partial charge >= 0.3 is 0 Å². The van der Waals surface area contributed by atoms with E-state index in [1.807, 2.05) is 37.3 Å². The van der Waals surface area contributed by atoms with Gasteiger partial charge in [0, 0.05) is 43.2 Å². The van der Waals surface area contributed by atoms with E-state index in [4.69, 9.17) is 9.40 Å². The van der Waals surface area contributed by atoms with Crippen LogP contribution in [0.4, 0.5) is 0 Å². The lowest BCUT2D eigenvalue weighted by atomic mass is 10.0. The molecule has 1 aliphatic rings. The molecule has 2 aromatic heterocycles. The molecule has 1 aliphatic carbocycles. The number of benzene rings is 1. The molecule has 1 amide bonds. The van der Waals surface area contributed by atoms with Crippen molar-refractivity contribution in [3.05, 3.63) is 52.7 Å². The minimum atomic E-state index is -3.06. The number of fused-ring (bicyclic) bond motifs is 1. The molecule has 0 aliphatic heterocycles. The van der Waals surface area contributed by atoms with Crippen molar-refractivity contribution in [2.45, 2.75) is 51.5 Å². The third-order valence-electron chi connectivity index (χ3n) is 6.60. The highest BCUT2D eigenvalue weighted by Crippen LogP contribution is 2.44. The molecule has 200 valence electrons. The van der Waals surface area contributed by atoms with Crippen LogP contribution in [0.1, 0.15) is 65.2 Å². The Morgan fingerprint density at radius 2 is 1.97 bits per heavy atom. The molecule has 0 bridgehead atoms. The highest BCUT2D eigenvalue weighted by molar-refractivity contribution is 7.76. The van der Waals surface area contributed by atoms with Crippen LogP contribution in [0.15, 0.2) is 34.7 Å². The van der Waals surface area contributed by atoms with E-state index in [2.05, 4.69) is 5.32 Å². The molecule has 9 nitrogen and oxygen atoms in total. The number of carbonyl (C=O) groups is 1. The maximum Gasteiger partial charge on any atom is 0.255 e. The third kappa shape index (κ3) is 6.94. The van der Waals surface area contributed by atoms with Crippen molar-refractivity contribution >= 4 is 35.6 Å². The second-order valence-electron chi connectivity index (χ2n) is 9.82. The molecule has 37 heavy (non-hydrogen) atoms. The first kappa shape index (κ1) is 27.7. The molecule has 1 aromatic carbocycles. The van der Waals surface area contributed by atoms with E-state index < -0.39 is 18.6 Å². The average molecular weight is 547 g/mol. The number of unbranched alkanes of at least 4 members (excludes halogenated alkanes) is 2. The Kier molecular flexibility index (Phi) is 8.66. The predicted molar refractivity (Wildman–Crippen MR) is 143 cm³/mol. The highest BCUT2D eigenvalue weighted by Gasteiger charge is 2.31. The zero-order valence-electron chi connectivity index (χ0n) is 21.4. The lowest BCUT2D eigenvalue weighted by Crippen LogP contribution is -2.27. The van der Waals surface area contributed by atoms with Crippen LogP contribution in [-0.4, -0.2) is 55.3 Å². The van der Waals surface area contributed by atoms with Gasteiger partial charge in [0.15, 0.2) is 7.37 Å². The first-order valence-electron chi connectivity index (χ1n) is 12.5. The second kappa shape index (κ2) is 11.6. The number of pyridine rings is 1. The van der Waals surface area contributed by atoms with Gasteiger partial charge in [-0.25, -0.2) is 9.29 Å². The van der Waals surface area contributed by atoms with Crippen LogP contribution in [0.3, 0.4) is 0 Å². The Morgan fingerprint density at radius 1 is 1.27 bits per heavy atom. The number of nitrogens with zero attached hydrogens (tertiary/aromatic N) is 2. The van der Waals surface area contributed by atoms with Gasteiger partial charge in [-0.2, -0.15) is 0 Å². The highest BCUT2D eigenvalue weighted by atomic mass is 32.2. The summed E-state index contributed by atoms with van der Waals surface area (Å²) in [5.41, 5.74) is 4.13. The summed E-state index contributed by atoms with van der Waals surface area (Å²) < 4.78 is 43.0. The van der Waals surface area contributed by atoms with Gasteiger partial charge in [0.2, 0.25) is 5.71 Å². The summed E-state index contributed by atoms with van der Waals surface area (Å²) in [4.78, 5) is 27.1. The summed E-state index contributed by atoms with van der Waals surface area (Å²) in [6.07, 6.45) is 3.99. The molecular formula is C26H33N3O6PS-. The molecule has 2 heterocycles. The Hall–Kier alpha value is -2.36. The monoisotopic (exact) mass is 546 g/mol. The Labute approximate surface area is 219 Å². The van der Waals surface area contributed by atoms with E-state index in [9.17, 15) is 23.0 Å². The number of nitrogens with one attached hydrogen (secondary N) is 1. The molecule has 1 saturated carbocycles. The summed E-state index contributed by atoms with van der Waals surface area (Å²) >= 11 is -2.46. The lowest BCUT2D eigenvalue weighted by Gasteiger charge is -2.24. The normalized spacial score (nSPS) is 16.2. The fourth-order valence-electron chi connectivity index (χ4n) is 4.45. The summed E-state index contributed by atoms with van der Waals surface area (Å²) in [6.45, 7) is 3.70. The van der Waals surface area contributed by atoms with Gasteiger partial charge in [0.05, 0.1) is 23.2 Å². The van der Waals surface area contributed by atoms with Gasteiger partial charge in [-0.3, -0.25) is 13.6 Å². The van der Waals surface area contributed by atoms with Crippen molar-refractivity contribution < 1.29 is 27.4 Å². The van der Waals surface area contributed by atoms with Gasteiger partial charge in [0.1, 0.15) is 5.76 Å². The third-order valence-corrected chi connectivity index (χ3v) is 8.48. The van der Waals surface area contributed by atoms with Crippen LogP contribution in [0.25, 0.3) is 22.4 Å². The molecule has 0 radical (unpaired) electrons. The molecule has 0 spiro atoms. The van der Waals surface area contributed by atoms with Gasteiger partial charge in [-0.15, -0.1) is 0 Å². The molecule has 2 atom stereocenters. The summed E-state index contributed by atoms with van der Waals surface area (Å²) in [7, 11) is -1.48. The summed E-state index contributed by atoms with van der Waals surface area (Å²) in [5, 5.41) is 3.31. The number of aryl methyl sites for hydroxylation is 1. The van der Waals surface area contributed by atoms with E-state index in [0.29, 0.717) is 47.4 Å². The maximum absolute atomic E-state index is 12.9. The first-order valence-corrected chi connectivity index (χ1v) is 15.8. The van der Waals surface area contributed by atoms with Crippen LogP contribution in [0.2, 0.25) is 0 Å². The average Bonchev–Trinajstić information content (AvgIpc) is 3.62. The number of rotatable bonds is 12. The van der Waals surface area contributed by atoms with E-state index in [1.165, 1.54) is 11.0 Å². The van der Waals surface area contributed by atoms with E-state index in [-0.39, 0.29) is 31.1 Å². The van der Waals surface area contributed by atoms with Crippen molar-refractivity contribution in [1.82, 2.24) is 14.6 Å². The molecule has 1 fully saturated rings. The van der Waals surface area contributed by atoms with E-state index in [1.54, 1.807) is 7.05 Å². The van der Waals surface area contributed by atoms with Crippen molar-refractivity contribution in [2.24, 2.45) is 0 Å². The van der Waals surface area contributed by atoms with E-state index >= 15 is 0 Å². The predicted octanol–water partition coefficient (Wildman–Crippen LogP) is 4.71. The zero-order valence-corrected chi connectivity index (χ0v) is 23.1. The smallest absolute Gasteiger partial charge is 0.255 e. The van der Waals surface area contributed by atoms with Gasteiger partial charge in [0.25, 0.3) is 5.91 Å². The van der Waals surface area contributed by atoms with Gasteiger partial charge < -0.3 is 19.2 Å². The quantitative estimate of drug-likeness (QED) is 0.191. The molecule has 2 unspecified atom stereocenters. The lowest BCUT2D eigenvalue weighted by molar-refractivity contribution is 0.0964. The molecule has 2 N–H and O–H groups in total. The van der Waals surface area contributed by atoms with Crippen LogP contribution in [0.5, 0.6) is 0 Å². The van der Waals surface area contributed by atoms with Crippen molar-refractivity contribution in [1.29, 1.82) is 0 Å². The SMILES string of the molecule is CNC(=O)c1c(-c2ccc(C)cc2)oc2nc(CN(CCCCCP(C)(=O)O)S(=O)[O-])c(C3CC3)cc12. The summed E-state index contributed by atoms with van der Waals surface area (Å²) in [6, 6.07) is 9.64. The molecule has 3 aromatic rings. The number of furan rings is 1. The Balaban J connectivity index is 1.66. The van der Waals surface area contributed by atoms with Crippen molar-refractivity contribution in [3.63, 3.8) is 0 Å². The van der Waals surface area contributed by atoms with Crippen LogP contribution < -0.4 is 5.32 Å². The van der Waals surface area contributed by atoms with Crippen LogP contribution in [-0.2, 0) is 22.4 Å². The molecule has 0 saturated heterocycles. The first-order chi connectivity index (χ1) is 17.6. The molecule has 11 heteroatoms. The second-order valence-corrected chi connectivity index (χ2v) is 13.3. The number of amides is 1. The Bertz CT molecular complexity index is 1350. The number of hydrogen-bond donors (Lipinski definition) is 2. The maximum atomic E-state index is 12.9. The van der Waals surface area contributed by atoms with Gasteiger partial charge in [-0.1, -0.05) is 36.2 Å². The standard InChI is InChI=1S/C26H34N3O6PS/c1-17-7-9-19(10-8-17)24-23(25(30)27-2)21-15-20(18-11-12-18)22(28-26(21)35-24)16-29(37(33)34)13-5-4-6-14-36(3,31)32/h7-10,15,18H,4-6,11-14,16H2,1-3H3,(H,27,30)(H,31,32)(H,33,34)/p-1. The molecular weight excluding hydrogens is 513 g/mol. The topological polar surface area (TPSA) is 136 Å². The number of carbonyl (C=O) groups excluding carboxylic acids is 1. The fraction of sp³-hybridized carbons (Fsp3) is 0.462. The minimum absolute atomic E-state index is 0.0972. The van der Waals surface area contributed by atoms with E-state index in [0.717, 1.165) is 29.5 Å².